The van der Waals surface area contributed by atoms with Crippen molar-refractivity contribution in [2.24, 2.45) is 0 Å². The number of nitrogens with zero attached hydrogens (tertiary/aromatic N) is 3. The van der Waals surface area contributed by atoms with Crippen molar-refractivity contribution >= 4 is 11.0 Å². The maximum Gasteiger partial charge on any atom is 0.110 e. The number of hydrogen-bond acceptors (Lipinski definition) is 4. The lowest BCUT2D eigenvalue weighted by molar-refractivity contribution is 0.0350. The molecule has 2 aromatic rings. The first-order valence-corrected chi connectivity index (χ1v) is 8.52. The monoisotopic (exact) mass is 312 g/mol. The number of aromatic amines is 1. The van der Waals surface area contributed by atoms with Crippen molar-refractivity contribution < 1.29 is 4.74 Å². The van der Waals surface area contributed by atoms with Crippen molar-refractivity contribution in [1.29, 1.82) is 0 Å². The molecule has 3 heterocycles. The van der Waals surface area contributed by atoms with Crippen molar-refractivity contribution in [3.8, 4) is 0 Å². The molecule has 23 heavy (non-hydrogen) atoms. The fraction of sp³-hybridized carbons (Fsp3) is 0.500. The van der Waals surface area contributed by atoms with Gasteiger partial charge < -0.3 is 19.5 Å². The number of fused-ring (bicyclic) bond motifs is 1. The number of rotatable bonds is 3. The van der Waals surface area contributed by atoms with E-state index in [1.165, 1.54) is 0 Å². The van der Waals surface area contributed by atoms with E-state index in [-0.39, 0.29) is 0 Å². The number of ether oxygens (including phenoxy) is 1. The van der Waals surface area contributed by atoms with Crippen LogP contribution in [0.15, 0.2) is 36.7 Å². The van der Waals surface area contributed by atoms with Gasteiger partial charge >= 0.3 is 0 Å². The summed E-state index contributed by atoms with van der Waals surface area (Å²) in [4.78, 5) is 13.0. The minimum atomic E-state index is 0.524. The minimum absolute atomic E-state index is 0.524. The Morgan fingerprint density at radius 1 is 1.09 bits per heavy atom. The van der Waals surface area contributed by atoms with Gasteiger partial charge in [-0.05, 0) is 25.0 Å². The van der Waals surface area contributed by atoms with E-state index in [0.717, 1.165) is 74.9 Å². The van der Waals surface area contributed by atoms with Crippen LogP contribution >= 0.6 is 0 Å². The highest BCUT2D eigenvalue weighted by Crippen LogP contribution is 2.29. The molecule has 0 aliphatic carbocycles. The Balaban J connectivity index is 1.39. The first-order valence-electron chi connectivity index (χ1n) is 8.52. The third-order valence-electron chi connectivity index (χ3n) is 5.03. The Morgan fingerprint density at radius 3 is 2.52 bits per heavy atom. The largest absolute Gasteiger partial charge is 0.378 e. The predicted molar refractivity (Wildman–Crippen MR) is 91.2 cm³/mol. The van der Waals surface area contributed by atoms with E-state index in [4.69, 9.17) is 9.72 Å². The molecule has 122 valence electrons. The van der Waals surface area contributed by atoms with Crippen LogP contribution in [-0.4, -0.2) is 59.2 Å². The van der Waals surface area contributed by atoms with Crippen LogP contribution in [0.1, 0.15) is 24.6 Å². The number of benzene rings is 1. The maximum atomic E-state index is 5.43. The van der Waals surface area contributed by atoms with E-state index in [1.807, 2.05) is 6.07 Å². The summed E-state index contributed by atoms with van der Waals surface area (Å²) in [5.74, 6) is 2.83. The number of imidazole rings is 1. The normalized spacial score (nSPS) is 20.2. The quantitative estimate of drug-likeness (QED) is 0.946. The van der Waals surface area contributed by atoms with E-state index in [0.29, 0.717) is 5.92 Å². The Kier molecular flexibility index (Phi) is 3.95. The number of piperidine rings is 1. The summed E-state index contributed by atoms with van der Waals surface area (Å²) in [7, 11) is 0. The van der Waals surface area contributed by atoms with Gasteiger partial charge in [-0.1, -0.05) is 18.7 Å². The van der Waals surface area contributed by atoms with E-state index in [1.54, 1.807) is 0 Å². The molecule has 0 bridgehead atoms. The van der Waals surface area contributed by atoms with E-state index in [9.17, 15) is 0 Å². The Hall–Kier alpha value is -2.01. The number of H-pyrrole nitrogens is 1. The summed E-state index contributed by atoms with van der Waals surface area (Å²) in [6, 6.07) is 8.27. The average molecular weight is 312 g/mol. The maximum absolute atomic E-state index is 5.43. The van der Waals surface area contributed by atoms with Gasteiger partial charge in [0.25, 0.3) is 0 Å². The molecule has 0 atom stereocenters. The van der Waals surface area contributed by atoms with Crippen molar-refractivity contribution in [3.63, 3.8) is 0 Å². The van der Waals surface area contributed by atoms with E-state index in [2.05, 4.69) is 39.6 Å². The Bertz CT molecular complexity index is 648. The third kappa shape index (κ3) is 2.93. The predicted octanol–water partition coefficient (Wildman–Crippen LogP) is 2.55. The molecule has 2 saturated heterocycles. The van der Waals surface area contributed by atoms with Crippen molar-refractivity contribution in [3.05, 3.63) is 42.5 Å². The molecule has 1 N–H and O–H groups in total. The molecule has 0 saturated carbocycles. The van der Waals surface area contributed by atoms with Crippen LogP contribution in [0.2, 0.25) is 0 Å². The Labute approximate surface area is 136 Å². The van der Waals surface area contributed by atoms with Crippen molar-refractivity contribution in [2.75, 3.05) is 39.4 Å². The van der Waals surface area contributed by atoms with Crippen molar-refractivity contribution in [1.82, 2.24) is 19.8 Å². The number of likely N-dealkylation sites (tertiary alicyclic amines) is 1. The zero-order valence-corrected chi connectivity index (χ0v) is 13.5. The summed E-state index contributed by atoms with van der Waals surface area (Å²) in [5, 5.41) is 0. The molecule has 2 fully saturated rings. The van der Waals surface area contributed by atoms with Crippen LogP contribution in [0, 0.1) is 0 Å². The first kappa shape index (κ1) is 14.6. The standard InChI is InChI=1S/C18H24N4O/c1-14(22-10-12-23-13-11-22)21-8-6-15(7-9-21)18-19-16-4-2-3-5-17(16)20-18/h2-5,15H,1,6-13H2,(H,19,20). The topological polar surface area (TPSA) is 44.4 Å². The van der Waals surface area contributed by atoms with Crippen LogP contribution in [0.25, 0.3) is 11.0 Å². The van der Waals surface area contributed by atoms with Gasteiger partial charge in [0.15, 0.2) is 0 Å². The van der Waals surface area contributed by atoms with Crippen molar-refractivity contribution in [2.45, 2.75) is 18.8 Å². The summed E-state index contributed by atoms with van der Waals surface area (Å²) in [5.41, 5.74) is 2.21. The summed E-state index contributed by atoms with van der Waals surface area (Å²) >= 11 is 0. The molecule has 0 spiro atoms. The number of hydrogen-bond donors (Lipinski definition) is 1. The lowest BCUT2D eigenvalue weighted by atomic mass is 9.96. The van der Waals surface area contributed by atoms with Gasteiger partial charge in [0.1, 0.15) is 5.82 Å². The minimum Gasteiger partial charge on any atom is -0.378 e. The number of nitrogens with one attached hydrogen (secondary N) is 1. The second kappa shape index (κ2) is 6.24. The zero-order chi connectivity index (χ0) is 15.6. The van der Waals surface area contributed by atoms with Gasteiger partial charge in [0.2, 0.25) is 0 Å². The van der Waals surface area contributed by atoms with E-state index < -0.39 is 0 Å². The highest BCUT2D eigenvalue weighted by atomic mass is 16.5. The van der Waals surface area contributed by atoms with Gasteiger partial charge in [0, 0.05) is 32.1 Å². The van der Waals surface area contributed by atoms with Gasteiger partial charge in [0.05, 0.1) is 30.1 Å². The molecule has 1 aromatic carbocycles. The lowest BCUT2D eigenvalue weighted by Gasteiger charge is -2.40. The molecular weight excluding hydrogens is 288 g/mol. The molecule has 2 aliphatic rings. The first-order chi connectivity index (χ1) is 11.3. The number of aromatic nitrogens is 2. The Morgan fingerprint density at radius 2 is 1.78 bits per heavy atom. The zero-order valence-electron chi connectivity index (χ0n) is 13.5. The fourth-order valence-electron chi connectivity index (χ4n) is 3.60. The molecule has 1 aromatic heterocycles. The van der Waals surface area contributed by atoms with Crippen LogP contribution in [-0.2, 0) is 4.74 Å². The van der Waals surface area contributed by atoms with Gasteiger partial charge in [-0.15, -0.1) is 0 Å². The molecule has 0 radical (unpaired) electrons. The molecule has 0 unspecified atom stereocenters. The molecule has 4 rings (SSSR count). The van der Waals surface area contributed by atoms with Gasteiger partial charge in [-0.3, -0.25) is 0 Å². The lowest BCUT2D eigenvalue weighted by Crippen LogP contribution is -2.44. The second-order valence-electron chi connectivity index (χ2n) is 6.42. The van der Waals surface area contributed by atoms with Crippen LogP contribution in [0.4, 0.5) is 0 Å². The third-order valence-corrected chi connectivity index (χ3v) is 5.03. The average Bonchev–Trinajstić information content (AvgIpc) is 3.06. The summed E-state index contributed by atoms with van der Waals surface area (Å²) in [6.07, 6.45) is 2.26. The molecule has 5 heteroatoms. The molecule has 2 aliphatic heterocycles. The highest BCUT2D eigenvalue weighted by Gasteiger charge is 2.26. The number of morpholine rings is 1. The molecule has 5 nitrogen and oxygen atoms in total. The van der Waals surface area contributed by atoms with Crippen LogP contribution < -0.4 is 0 Å². The SMILES string of the molecule is C=C(N1CCOCC1)N1CCC(c2nc3ccccc3[nH]2)CC1. The molecule has 0 amide bonds. The van der Waals surface area contributed by atoms with Gasteiger partial charge in [-0.2, -0.15) is 0 Å². The van der Waals surface area contributed by atoms with Gasteiger partial charge in [-0.25, -0.2) is 4.98 Å². The van der Waals surface area contributed by atoms with Crippen LogP contribution in [0.3, 0.4) is 0 Å². The van der Waals surface area contributed by atoms with Crippen LogP contribution in [0.5, 0.6) is 0 Å². The number of para-hydroxylation sites is 2. The molecular formula is C18H24N4O. The summed E-state index contributed by atoms with van der Waals surface area (Å²) in [6.45, 7) is 9.96. The smallest absolute Gasteiger partial charge is 0.110 e. The summed E-state index contributed by atoms with van der Waals surface area (Å²) < 4.78 is 5.43. The fourth-order valence-corrected chi connectivity index (χ4v) is 3.60. The second-order valence-corrected chi connectivity index (χ2v) is 6.42. The highest BCUT2D eigenvalue weighted by molar-refractivity contribution is 5.74. The van der Waals surface area contributed by atoms with E-state index >= 15 is 0 Å².